The van der Waals surface area contributed by atoms with Gasteiger partial charge in [-0.25, -0.2) is 0 Å². The van der Waals surface area contributed by atoms with Gasteiger partial charge >= 0.3 is 0 Å². The molecule has 1 aliphatic heterocycles. The largest absolute Gasteiger partial charge is 0.486 e. The van der Waals surface area contributed by atoms with E-state index in [1.54, 1.807) is 18.3 Å². The Morgan fingerprint density at radius 2 is 1.87 bits per heavy atom. The van der Waals surface area contributed by atoms with Crippen LogP contribution in [-0.2, 0) is 24.4 Å². The first-order chi connectivity index (χ1) is 18.5. The number of ether oxygens (including phenoxy) is 1. The number of pyridine rings is 1. The summed E-state index contributed by atoms with van der Waals surface area (Å²) >= 11 is 0. The fraction of sp³-hybridized carbons (Fsp3) is 0.258. The minimum absolute atomic E-state index is 0.0866. The number of carbonyl (C=O) groups is 2. The van der Waals surface area contributed by atoms with Crippen molar-refractivity contribution in [2.24, 2.45) is 5.92 Å². The molecule has 2 aromatic carbocycles. The van der Waals surface area contributed by atoms with Gasteiger partial charge in [0.1, 0.15) is 18.1 Å². The summed E-state index contributed by atoms with van der Waals surface area (Å²) in [6.07, 6.45) is 2.48. The average molecular weight is 510 g/mol. The molecule has 4 aromatic rings. The molecule has 0 radical (unpaired) electrons. The number of hydrogen-bond donors (Lipinski definition) is 1. The standard InChI is InChI=1S/C31H31N3O4/c1-21(2)31(36)34-17-15-22-11-12-25(18-27(22)29(34)23-8-4-3-5-9-23)37-20-26-13-14-28(38-26)30(35)33-19-24-10-6-7-16-32-24/h3-14,16,18,21,29H,15,17,19-20H2,1-2H3,(H,33,35). The van der Waals surface area contributed by atoms with E-state index in [4.69, 9.17) is 9.15 Å². The van der Waals surface area contributed by atoms with E-state index in [1.807, 2.05) is 67.3 Å². The van der Waals surface area contributed by atoms with Gasteiger partial charge in [0.25, 0.3) is 5.91 Å². The SMILES string of the molecule is CC(C)C(=O)N1CCc2ccc(OCc3ccc(C(=O)NCc4ccccn4)o3)cc2C1c1ccccc1. The summed E-state index contributed by atoms with van der Waals surface area (Å²) in [6, 6.07) is 24.9. The van der Waals surface area contributed by atoms with Crippen LogP contribution in [-0.4, -0.2) is 28.2 Å². The number of aromatic nitrogens is 1. The molecule has 0 aliphatic carbocycles. The predicted octanol–water partition coefficient (Wildman–Crippen LogP) is 5.31. The Hall–Kier alpha value is -4.39. The maximum absolute atomic E-state index is 13.1. The number of amides is 2. The topological polar surface area (TPSA) is 84.7 Å². The summed E-state index contributed by atoms with van der Waals surface area (Å²) in [4.78, 5) is 31.8. The molecule has 7 heteroatoms. The molecule has 0 bridgehead atoms. The van der Waals surface area contributed by atoms with E-state index in [-0.39, 0.29) is 36.1 Å². The Labute approximate surface area is 222 Å². The fourth-order valence-electron chi connectivity index (χ4n) is 4.74. The molecule has 0 spiro atoms. The number of nitrogens with zero attached hydrogens (tertiary/aromatic N) is 2. The Morgan fingerprint density at radius 3 is 2.63 bits per heavy atom. The van der Waals surface area contributed by atoms with Crippen LogP contribution in [0.15, 0.2) is 89.5 Å². The Kier molecular flexibility index (Phi) is 7.54. The second kappa shape index (κ2) is 11.3. The number of carbonyl (C=O) groups excluding carboxylic acids is 2. The molecule has 1 aliphatic rings. The van der Waals surface area contributed by atoms with Crippen molar-refractivity contribution in [3.63, 3.8) is 0 Å². The summed E-state index contributed by atoms with van der Waals surface area (Å²) in [5, 5.41) is 2.81. The van der Waals surface area contributed by atoms with Gasteiger partial charge in [-0.2, -0.15) is 0 Å². The first-order valence-electron chi connectivity index (χ1n) is 12.9. The molecule has 0 saturated carbocycles. The maximum Gasteiger partial charge on any atom is 0.287 e. The lowest BCUT2D eigenvalue weighted by molar-refractivity contribution is -0.136. The third-order valence-corrected chi connectivity index (χ3v) is 6.66. The first-order valence-corrected chi connectivity index (χ1v) is 12.9. The zero-order valence-corrected chi connectivity index (χ0v) is 21.6. The van der Waals surface area contributed by atoms with Gasteiger partial charge in [0, 0.05) is 18.7 Å². The van der Waals surface area contributed by atoms with Gasteiger partial charge in [0.15, 0.2) is 5.76 Å². The average Bonchev–Trinajstić information content (AvgIpc) is 3.44. The highest BCUT2D eigenvalue weighted by molar-refractivity contribution is 5.91. The normalized spacial score (nSPS) is 14.7. The van der Waals surface area contributed by atoms with Crippen molar-refractivity contribution in [1.29, 1.82) is 0 Å². The molecule has 0 fully saturated rings. The van der Waals surface area contributed by atoms with Gasteiger partial charge in [0.05, 0.1) is 18.3 Å². The smallest absolute Gasteiger partial charge is 0.287 e. The van der Waals surface area contributed by atoms with Crippen LogP contribution in [0.1, 0.15) is 58.6 Å². The highest BCUT2D eigenvalue weighted by atomic mass is 16.5. The van der Waals surface area contributed by atoms with Gasteiger partial charge in [0.2, 0.25) is 5.91 Å². The molecule has 3 heterocycles. The lowest BCUT2D eigenvalue weighted by Gasteiger charge is -2.39. The fourth-order valence-corrected chi connectivity index (χ4v) is 4.74. The second-order valence-corrected chi connectivity index (χ2v) is 9.67. The Balaban J connectivity index is 1.29. The minimum atomic E-state index is -0.309. The Morgan fingerprint density at radius 1 is 1.05 bits per heavy atom. The summed E-state index contributed by atoms with van der Waals surface area (Å²) in [7, 11) is 0. The van der Waals surface area contributed by atoms with Crippen LogP contribution in [0.4, 0.5) is 0 Å². The molecule has 2 aromatic heterocycles. The van der Waals surface area contributed by atoms with Gasteiger partial charge in [-0.15, -0.1) is 0 Å². The Bertz CT molecular complexity index is 1400. The van der Waals surface area contributed by atoms with E-state index in [2.05, 4.69) is 28.5 Å². The summed E-state index contributed by atoms with van der Waals surface area (Å²) < 4.78 is 11.8. The molecule has 2 amide bonds. The van der Waals surface area contributed by atoms with E-state index in [1.165, 1.54) is 5.56 Å². The molecule has 0 saturated heterocycles. The highest BCUT2D eigenvalue weighted by Gasteiger charge is 2.33. The van der Waals surface area contributed by atoms with Crippen molar-refractivity contribution < 1.29 is 18.7 Å². The maximum atomic E-state index is 13.1. The second-order valence-electron chi connectivity index (χ2n) is 9.67. The van der Waals surface area contributed by atoms with Crippen LogP contribution >= 0.6 is 0 Å². The van der Waals surface area contributed by atoms with Crippen LogP contribution in [0.3, 0.4) is 0 Å². The third kappa shape index (κ3) is 5.62. The number of benzene rings is 2. The van der Waals surface area contributed by atoms with Crippen LogP contribution in [0.25, 0.3) is 0 Å². The van der Waals surface area contributed by atoms with Gasteiger partial charge in [-0.05, 0) is 59.5 Å². The lowest BCUT2D eigenvalue weighted by atomic mass is 9.87. The third-order valence-electron chi connectivity index (χ3n) is 6.66. The number of fused-ring (bicyclic) bond motifs is 1. The molecule has 1 N–H and O–H groups in total. The molecule has 38 heavy (non-hydrogen) atoms. The van der Waals surface area contributed by atoms with E-state index in [0.717, 1.165) is 23.2 Å². The molecule has 1 unspecified atom stereocenters. The zero-order chi connectivity index (χ0) is 26.5. The zero-order valence-electron chi connectivity index (χ0n) is 21.6. The van der Waals surface area contributed by atoms with Crippen molar-refractivity contribution in [3.8, 4) is 5.75 Å². The molecule has 5 rings (SSSR count). The van der Waals surface area contributed by atoms with Crippen molar-refractivity contribution in [2.45, 2.75) is 39.5 Å². The quantitative estimate of drug-likeness (QED) is 0.348. The molecular formula is C31H31N3O4. The number of nitrogens with one attached hydrogen (secondary N) is 1. The molecule has 1 atom stereocenters. The first kappa shape index (κ1) is 25.3. The van der Waals surface area contributed by atoms with Crippen molar-refractivity contribution in [3.05, 3.63) is 119 Å². The van der Waals surface area contributed by atoms with Crippen molar-refractivity contribution >= 4 is 11.8 Å². The highest BCUT2D eigenvalue weighted by Crippen LogP contribution is 2.38. The summed E-state index contributed by atoms with van der Waals surface area (Å²) in [5.41, 5.74) is 4.13. The van der Waals surface area contributed by atoms with Crippen LogP contribution < -0.4 is 10.1 Å². The summed E-state index contributed by atoms with van der Waals surface area (Å²) in [5.74, 6) is 1.19. The number of hydrogen-bond acceptors (Lipinski definition) is 5. The predicted molar refractivity (Wildman–Crippen MR) is 143 cm³/mol. The lowest BCUT2D eigenvalue weighted by Crippen LogP contribution is -2.42. The number of rotatable bonds is 8. The van der Waals surface area contributed by atoms with Crippen molar-refractivity contribution in [2.75, 3.05) is 6.54 Å². The molecular weight excluding hydrogens is 478 g/mol. The molecule has 7 nitrogen and oxygen atoms in total. The van der Waals surface area contributed by atoms with E-state index in [9.17, 15) is 9.59 Å². The molecule has 194 valence electrons. The van der Waals surface area contributed by atoms with E-state index >= 15 is 0 Å². The summed E-state index contributed by atoms with van der Waals surface area (Å²) in [6.45, 7) is 5.06. The minimum Gasteiger partial charge on any atom is -0.486 e. The van der Waals surface area contributed by atoms with E-state index in [0.29, 0.717) is 24.6 Å². The monoisotopic (exact) mass is 509 g/mol. The van der Waals surface area contributed by atoms with Gasteiger partial charge in [-0.1, -0.05) is 56.3 Å². The van der Waals surface area contributed by atoms with Crippen molar-refractivity contribution in [1.82, 2.24) is 15.2 Å². The van der Waals surface area contributed by atoms with E-state index < -0.39 is 0 Å². The van der Waals surface area contributed by atoms with Crippen LogP contribution in [0, 0.1) is 5.92 Å². The van der Waals surface area contributed by atoms with Gasteiger partial charge in [-0.3, -0.25) is 14.6 Å². The van der Waals surface area contributed by atoms with Gasteiger partial charge < -0.3 is 19.4 Å². The number of furan rings is 1. The van der Waals surface area contributed by atoms with Crippen LogP contribution in [0.5, 0.6) is 5.75 Å². The van der Waals surface area contributed by atoms with Crippen LogP contribution in [0.2, 0.25) is 0 Å².